The van der Waals surface area contributed by atoms with Crippen LogP contribution in [0.25, 0.3) is 10.9 Å². The average Bonchev–Trinajstić information content (AvgIpc) is 2.54. The molecule has 0 saturated carbocycles. The van der Waals surface area contributed by atoms with E-state index in [0.29, 0.717) is 18.4 Å². The molecule has 1 amide bonds. The van der Waals surface area contributed by atoms with Gasteiger partial charge in [-0.2, -0.15) is 5.10 Å². The molecule has 0 aliphatic carbocycles. The zero-order valence-electron chi connectivity index (χ0n) is 13.6. The Morgan fingerprint density at radius 3 is 2.87 bits per heavy atom. The zero-order chi connectivity index (χ0) is 16.4. The average molecular weight is 314 g/mol. The molecule has 23 heavy (non-hydrogen) atoms. The molecule has 1 aromatic heterocycles. The first-order valence-corrected chi connectivity index (χ1v) is 7.99. The van der Waals surface area contributed by atoms with Crippen molar-refractivity contribution in [2.45, 2.75) is 25.9 Å². The molecular formula is C17H22N4O2. The molecule has 6 nitrogen and oxygen atoms in total. The summed E-state index contributed by atoms with van der Waals surface area (Å²) in [4.78, 5) is 28.5. The van der Waals surface area contributed by atoms with Crippen LogP contribution < -0.4 is 5.43 Å². The molecular weight excluding hydrogens is 292 g/mol. The van der Waals surface area contributed by atoms with Crippen molar-refractivity contribution >= 4 is 16.8 Å². The number of carbonyl (C=O) groups is 1. The molecule has 0 spiro atoms. The smallest absolute Gasteiger partial charge is 0.224 e. The third-order valence-corrected chi connectivity index (χ3v) is 4.45. The van der Waals surface area contributed by atoms with E-state index in [1.807, 2.05) is 23.1 Å². The monoisotopic (exact) mass is 314 g/mol. The largest absolute Gasteiger partial charge is 0.337 e. The fraction of sp³-hybridized carbons (Fsp3) is 0.471. The summed E-state index contributed by atoms with van der Waals surface area (Å²) in [6.45, 7) is 5.16. The first-order valence-electron chi connectivity index (χ1n) is 7.99. The van der Waals surface area contributed by atoms with Gasteiger partial charge in [0.15, 0.2) is 0 Å². The summed E-state index contributed by atoms with van der Waals surface area (Å²) < 4.78 is 1.75. The number of likely N-dealkylation sites (N-methyl/N-ethyl adjacent to an activating group) is 1. The molecule has 122 valence electrons. The van der Waals surface area contributed by atoms with Gasteiger partial charge in [-0.15, -0.1) is 0 Å². The highest BCUT2D eigenvalue weighted by Crippen LogP contribution is 2.12. The second-order valence-corrected chi connectivity index (χ2v) is 6.20. The van der Waals surface area contributed by atoms with E-state index < -0.39 is 0 Å². The Morgan fingerprint density at radius 2 is 2.09 bits per heavy atom. The van der Waals surface area contributed by atoms with Gasteiger partial charge in [0.25, 0.3) is 0 Å². The summed E-state index contributed by atoms with van der Waals surface area (Å²) in [5.74, 6) is 0.148. The predicted molar refractivity (Wildman–Crippen MR) is 89.3 cm³/mol. The highest BCUT2D eigenvalue weighted by Gasteiger charge is 2.25. The molecule has 1 atom stereocenters. The Morgan fingerprint density at radius 1 is 1.30 bits per heavy atom. The Hall–Kier alpha value is -2.21. The van der Waals surface area contributed by atoms with Gasteiger partial charge in [0.05, 0.1) is 18.3 Å². The fourth-order valence-corrected chi connectivity index (χ4v) is 3.19. The second-order valence-electron chi connectivity index (χ2n) is 6.20. The maximum Gasteiger partial charge on any atom is 0.224 e. The van der Waals surface area contributed by atoms with Gasteiger partial charge < -0.3 is 9.80 Å². The molecule has 1 aliphatic rings. The number of amides is 1. The van der Waals surface area contributed by atoms with Crippen molar-refractivity contribution in [3.8, 4) is 0 Å². The molecule has 0 unspecified atom stereocenters. The minimum Gasteiger partial charge on any atom is -0.337 e. The topological polar surface area (TPSA) is 58.4 Å². The van der Waals surface area contributed by atoms with Gasteiger partial charge in [0.1, 0.15) is 0 Å². The highest BCUT2D eigenvalue weighted by molar-refractivity contribution is 5.79. The summed E-state index contributed by atoms with van der Waals surface area (Å²) in [5.41, 5.74) is 0.690. The molecule has 0 radical (unpaired) electrons. The van der Waals surface area contributed by atoms with Crippen LogP contribution in [0.2, 0.25) is 0 Å². The van der Waals surface area contributed by atoms with Gasteiger partial charge in [0.2, 0.25) is 11.3 Å². The fourth-order valence-electron chi connectivity index (χ4n) is 3.19. The van der Waals surface area contributed by atoms with Crippen molar-refractivity contribution in [2.24, 2.45) is 0 Å². The van der Waals surface area contributed by atoms with E-state index in [4.69, 9.17) is 0 Å². The van der Waals surface area contributed by atoms with Gasteiger partial charge in [-0.25, -0.2) is 0 Å². The summed E-state index contributed by atoms with van der Waals surface area (Å²) in [6.07, 6.45) is 1.72. The van der Waals surface area contributed by atoms with Gasteiger partial charge in [0, 0.05) is 37.5 Å². The number of hydrogen-bond acceptors (Lipinski definition) is 4. The van der Waals surface area contributed by atoms with Gasteiger partial charge >= 0.3 is 0 Å². The molecule has 1 aromatic carbocycles. The predicted octanol–water partition coefficient (Wildman–Crippen LogP) is 0.949. The molecule has 2 heterocycles. The minimum absolute atomic E-state index is 0.0872. The number of piperazine rings is 1. The number of nitrogens with zero attached hydrogens (tertiary/aromatic N) is 4. The SMILES string of the molecule is C[C@@H]1CN(C)CCN1C(=O)CCn1ncc(=O)c2ccccc21. The minimum atomic E-state index is -0.0872. The van der Waals surface area contributed by atoms with Crippen LogP contribution in [0.5, 0.6) is 0 Å². The Kier molecular flexibility index (Phi) is 4.43. The van der Waals surface area contributed by atoms with Crippen LogP contribution in [0.3, 0.4) is 0 Å². The van der Waals surface area contributed by atoms with Crippen molar-refractivity contribution in [3.63, 3.8) is 0 Å². The van der Waals surface area contributed by atoms with Gasteiger partial charge in [-0.1, -0.05) is 12.1 Å². The number of aromatic nitrogens is 2. The maximum absolute atomic E-state index is 12.5. The van der Waals surface area contributed by atoms with E-state index in [9.17, 15) is 9.59 Å². The van der Waals surface area contributed by atoms with Crippen LogP contribution in [0, 0.1) is 0 Å². The van der Waals surface area contributed by atoms with Crippen LogP contribution >= 0.6 is 0 Å². The van der Waals surface area contributed by atoms with E-state index in [1.165, 1.54) is 6.20 Å². The molecule has 2 aromatic rings. The van der Waals surface area contributed by atoms with Crippen molar-refractivity contribution in [1.82, 2.24) is 19.6 Å². The lowest BCUT2D eigenvalue weighted by Crippen LogP contribution is -2.52. The Labute approximate surface area is 135 Å². The van der Waals surface area contributed by atoms with Crippen molar-refractivity contribution in [2.75, 3.05) is 26.7 Å². The number of aryl methyl sites for hydroxylation is 1. The van der Waals surface area contributed by atoms with E-state index in [2.05, 4.69) is 24.0 Å². The second kappa shape index (κ2) is 6.50. The van der Waals surface area contributed by atoms with Crippen molar-refractivity contribution in [3.05, 3.63) is 40.7 Å². The standard InChI is InChI=1S/C17H22N4O2/c1-13-12-19(2)9-10-20(13)17(23)7-8-21-15-6-4-3-5-14(15)16(22)11-18-21/h3-6,11,13H,7-10,12H2,1-2H3/t13-/m1/s1. The van der Waals surface area contributed by atoms with Gasteiger partial charge in [-0.3, -0.25) is 14.3 Å². The summed E-state index contributed by atoms with van der Waals surface area (Å²) >= 11 is 0. The Balaban J connectivity index is 1.73. The van der Waals surface area contributed by atoms with Crippen LogP contribution in [-0.2, 0) is 11.3 Å². The van der Waals surface area contributed by atoms with Gasteiger partial charge in [-0.05, 0) is 26.1 Å². The lowest BCUT2D eigenvalue weighted by molar-refractivity contribution is -0.135. The van der Waals surface area contributed by atoms with E-state index in [1.54, 1.807) is 10.7 Å². The first-order chi connectivity index (χ1) is 11.1. The first kappa shape index (κ1) is 15.7. The van der Waals surface area contributed by atoms with Crippen molar-refractivity contribution in [1.29, 1.82) is 0 Å². The van der Waals surface area contributed by atoms with E-state index in [-0.39, 0.29) is 17.4 Å². The summed E-state index contributed by atoms with van der Waals surface area (Å²) in [7, 11) is 2.08. The normalized spacial score (nSPS) is 19.2. The molecule has 0 bridgehead atoms. The zero-order valence-corrected chi connectivity index (χ0v) is 13.6. The highest BCUT2D eigenvalue weighted by atomic mass is 16.2. The van der Waals surface area contributed by atoms with Crippen molar-refractivity contribution < 1.29 is 4.79 Å². The Bertz CT molecular complexity index is 771. The molecule has 1 saturated heterocycles. The molecule has 3 rings (SSSR count). The number of hydrogen-bond donors (Lipinski definition) is 0. The molecule has 1 aliphatic heterocycles. The van der Waals surface area contributed by atoms with Crippen LogP contribution in [0.15, 0.2) is 35.3 Å². The lowest BCUT2D eigenvalue weighted by Gasteiger charge is -2.38. The van der Waals surface area contributed by atoms with E-state index >= 15 is 0 Å². The molecule has 6 heteroatoms. The summed E-state index contributed by atoms with van der Waals surface area (Å²) in [6, 6.07) is 7.61. The number of carbonyl (C=O) groups excluding carboxylic acids is 1. The quantitative estimate of drug-likeness (QED) is 0.846. The van der Waals surface area contributed by atoms with E-state index in [0.717, 1.165) is 25.2 Å². The molecule has 1 fully saturated rings. The number of rotatable bonds is 3. The summed E-state index contributed by atoms with van der Waals surface area (Å²) in [5, 5.41) is 4.82. The third-order valence-electron chi connectivity index (χ3n) is 4.45. The number of fused-ring (bicyclic) bond motifs is 1. The maximum atomic E-state index is 12.5. The van der Waals surface area contributed by atoms with Crippen LogP contribution in [-0.4, -0.2) is 58.2 Å². The number of para-hydroxylation sites is 1. The van der Waals surface area contributed by atoms with Crippen LogP contribution in [0.1, 0.15) is 13.3 Å². The lowest BCUT2D eigenvalue weighted by atomic mass is 10.2. The third kappa shape index (κ3) is 3.27. The number of benzene rings is 1. The van der Waals surface area contributed by atoms with Crippen LogP contribution in [0.4, 0.5) is 0 Å². The molecule has 0 N–H and O–H groups in total.